The molecule has 0 saturated heterocycles. The van der Waals surface area contributed by atoms with Gasteiger partial charge < -0.3 is 10.6 Å². The number of aromatic nitrogens is 5. The zero-order valence-corrected chi connectivity index (χ0v) is 20.2. The van der Waals surface area contributed by atoms with Crippen molar-refractivity contribution in [2.75, 3.05) is 32.5 Å². The third-order valence-electron chi connectivity index (χ3n) is 5.23. The van der Waals surface area contributed by atoms with Crippen LogP contribution in [0.2, 0.25) is 0 Å². The Morgan fingerprint density at radius 3 is 2.84 bits per heavy atom. The highest BCUT2D eigenvalue weighted by Gasteiger charge is 2.18. The molecule has 5 rings (SSSR count). The number of thiophene rings is 1. The largest absolute Gasteiger partial charge is 0.329 e. The van der Waals surface area contributed by atoms with Crippen molar-refractivity contribution in [3.05, 3.63) is 48.2 Å². The standard InChI is InChI=1S/C22H26N8S2/c1-14-8-19(31-22(14)32-28(2)3)27-20-21-24-11-18(16-10-25-29(4)12-16)30(21)13-17(26-20)15-6-5-7-23-9-15/h6,8,10-13,23H,5,7,9H2,1-4H3,(H,26,27). The number of nitrogens with zero attached hydrogens (tertiary/aromatic N) is 6. The average molecular weight is 467 g/mol. The lowest BCUT2D eigenvalue weighted by Crippen LogP contribution is -2.22. The first-order valence-corrected chi connectivity index (χ1v) is 12.1. The molecule has 0 aliphatic carbocycles. The van der Waals surface area contributed by atoms with Crippen LogP contribution in [-0.4, -0.2) is 55.6 Å². The van der Waals surface area contributed by atoms with E-state index in [-0.39, 0.29) is 0 Å². The molecule has 1 aliphatic rings. The summed E-state index contributed by atoms with van der Waals surface area (Å²) in [5, 5.41) is 12.4. The zero-order valence-electron chi connectivity index (χ0n) is 18.6. The average Bonchev–Trinajstić information content (AvgIpc) is 3.47. The van der Waals surface area contributed by atoms with Crippen molar-refractivity contribution in [3.8, 4) is 11.3 Å². The first-order valence-electron chi connectivity index (χ1n) is 10.5. The molecule has 1 aliphatic heterocycles. The Hall–Kier alpha value is -2.66. The van der Waals surface area contributed by atoms with Gasteiger partial charge in [-0.25, -0.2) is 9.97 Å². The summed E-state index contributed by atoms with van der Waals surface area (Å²) >= 11 is 3.47. The predicted octanol–water partition coefficient (Wildman–Crippen LogP) is 4.19. The summed E-state index contributed by atoms with van der Waals surface area (Å²) in [6.45, 7) is 3.96. The number of imidazole rings is 1. The molecule has 0 spiro atoms. The second kappa shape index (κ2) is 8.70. The Morgan fingerprint density at radius 1 is 1.25 bits per heavy atom. The van der Waals surface area contributed by atoms with E-state index >= 15 is 0 Å². The van der Waals surface area contributed by atoms with Crippen LogP contribution in [0.1, 0.15) is 17.7 Å². The molecular formula is C22H26N8S2. The third-order valence-corrected chi connectivity index (χ3v) is 7.50. The molecule has 0 saturated carbocycles. The maximum Gasteiger partial charge on any atom is 0.181 e. The highest BCUT2D eigenvalue weighted by Crippen LogP contribution is 2.37. The second-order valence-corrected chi connectivity index (χ2v) is 10.7. The topological polar surface area (TPSA) is 75.3 Å². The van der Waals surface area contributed by atoms with Crippen LogP contribution >= 0.6 is 23.3 Å². The van der Waals surface area contributed by atoms with Crippen molar-refractivity contribution < 1.29 is 0 Å². The quantitative estimate of drug-likeness (QED) is 0.413. The summed E-state index contributed by atoms with van der Waals surface area (Å²) in [7, 11) is 6.04. The zero-order chi connectivity index (χ0) is 22.2. The number of anilines is 2. The van der Waals surface area contributed by atoms with Gasteiger partial charge in [-0.1, -0.05) is 6.08 Å². The van der Waals surface area contributed by atoms with E-state index in [4.69, 9.17) is 9.97 Å². The van der Waals surface area contributed by atoms with Crippen LogP contribution in [0, 0.1) is 6.92 Å². The molecule has 5 heterocycles. The Balaban J connectivity index is 1.61. The van der Waals surface area contributed by atoms with Crippen molar-refractivity contribution in [2.24, 2.45) is 7.05 Å². The maximum absolute atomic E-state index is 5.00. The molecule has 8 nitrogen and oxygen atoms in total. The third kappa shape index (κ3) is 4.18. The molecule has 4 aromatic rings. The number of hydrogen-bond donors (Lipinski definition) is 2. The van der Waals surface area contributed by atoms with Gasteiger partial charge in [0.1, 0.15) is 0 Å². The Morgan fingerprint density at radius 2 is 2.12 bits per heavy atom. The van der Waals surface area contributed by atoms with Crippen LogP contribution in [0.15, 0.2) is 41.1 Å². The molecular weight excluding hydrogens is 440 g/mol. The van der Waals surface area contributed by atoms with E-state index in [1.165, 1.54) is 15.3 Å². The summed E-state index contributed by atoms with van der Waals surface area (Å²) in [6.07, 6.45) is 11.1. The molecule has 166 valence electrons. The summed E-state index contributed by atoms with van der Waals surface area (Å²) in [5.74, 6) is 0.756. The van der Waals surface area contributed by atoms with Gasteiger partial charge in [0.2, 0.25) is 0 Å². The first kappa shape index (κ1) is 21.2. The summed E-state index contributed by atoms with van der Waals surface area (Å²) in [5.41, 5.74) is 6.22. The molecule has 0 fully saturated rings. The molecule has 0 aromatic carbocycles. The van der Waals surface area contributed by atoms with Crippen molar-refractivity contribution in [1.82, 2.24) is 33.8 Å². The number of hydrogen-bond acceptors (Lipinski definition) is 8. The van der Waals surface area contributed by atoms with Crippen molar-refractivity contribution >= 4 is 45.3 Å². The van der Waals surface area contributed by atoms with E-state index in [9.17, 15) is 0 Å². The van der Waals surface area contributed by atoms with Gasteiger partial charge in [-0.05, 0) is 63.1 Å². The van der Waals surface area contributed by atoms with E-state index in [2.05, 4.69) is 63.8 Å². The van der Waals surface area contributed by atoms with Crippen molar-refractivity contribution in [3.63, 3.8) is 0 Å². The van der Waals surface area contributed by atoms with Crippen molar-refractivity contribution in [1.29, 1.82) is 0 Å². The number of fused-ring (bicyclic) bond motifs is 1. The number of aryl methyl sites for hydroxylation is 2. The molecule has 32 heavy (non-hydrogen) atoms. The van der Waals surface area contributed by atoms with Crippen LogP contribution < -0.4 is 10.6 Å². The SMILES string of the molecule is Cc1cc(Nc2nc(C3=CCCNC3)cn3c(-c4cnn(C)c4)cnc23)sc1SN(C)C. The highest BCUT2D eigenvalue weighted by atomic mass is 32.2. The number of rotatable bonds is 6. The van der Waals surface area contributed by atoms with E-state index < -0.39 is 0 Å². The van der Waals surface area contributed by atoms with Gasteiger partial charge in [-0.2, -0.15) is 5.10 Å². The van der Waals surface area contributed by atoms with Gasteiger partial charge in [-0.15, -0.1) is 11.3 Å². The van der Waals surface area contributed by atoms with Crippen LogP contribution in [0.3, 0.4) is 0 Å². The normalized spacial score (nSPS) is 14.3. The number of nitrogens with one attached hydrogen (secondary N) is 2. The Bertz CT molecular complexity index is 1300. The lowest BCUT2D eigenvalue weighted by atomic mass is 10.1. The Kier molecular flexibility index (Phi) is 5.76. The van der Waals surface area contributed by atoms with Gasteiger partial charge in [0.05, 0.1) is 33.0 Å². The maximum atomic E-state index is 5.00. The fraction of sp³-hybridized carbons (Fsp3) is 0.318. The predicted molar refractivity (Wildman–Crippen MR) is 133 cm³/mol. The van der Waals surface area contributed by atoms with Crippen molar-refractivity contribution in [2.45, 2.75) is 17.6 Å². The molecule has 0 bridgehead atoms. The highest BCUT2D eigenvalue weighted by molar-refractivity contribution is 7.99. The lowest BCUT2D eigenvalue weighted by molar-refractivity contribution is 0.703. The van der Waals surface area contributed by atoms with E-state index in [1.54, 1.807) is 23.3 Å². The van der Waals surface area contributed by atoms with Gasteiger partial charge >= 0.3 is 0 Å². The molecule has 0 atom stereocenters. The van der Waals surface area contributed by atoms with E-state index in [1.807, 2.05) is 30.3 Å². The molecule has 0 unspecified atom stereocenters. The van der Waals surface area contributed by atoms with E-state index in [0.29, 0.717) is 0 Å². The minimum Gasteiger partial charge on any atom is -0.329 e. The van der Waals surface area contributed by atoms with Gasteiger partial charge in [0, 0.05) is 31.5 Å². The van der Waals surface area contributed by atoms with E-state index in [0.717, 1.165) is 52.9 Å². The van der Waals surface area contributed by atoms with Crippen LogP contribution in [0.5, 0.6) is 0 Å². The minimum atomic E-state index is 0.756. The first-order chi connectivity index (χ1) is 15.5. The van der Waals surface area contributed by atoms with Crippen LogP contribution in [0.4, 0.5) is 10.8 Å². The van der Waals surface area contributed by atoms with Gasteiger partial charge in [0.15, 0.2) is 11.5 Å². The molecule has 0 amide bonds. The summed E-state index contributed by atoms with van der Waals surface area (Å²) in [6, 6.07) is 2.17. The molecule has 10 heteroatoms. The molecule has 2 N–H and O–H groups in total. The fourth-order valence-corrected chi connectivity index (χ4v) is 5.94. The monoisotopic (exact) mass is 466 g/mol. The fourth-order valence-electron chi connectivity index (χ4n) is 3.73. The van der Waals surface area contributed by atoms with Gasteiger partial charge in [0.25, 0.3) is 0 Å². The Labute approximate surface area is 195 Å². The lowest BCUT2D eigenvalue weighted by Gasteiger charge is -2.16. The van der Waals surface area contributed by atoms with Gasteiger partial charge in [-0.3, -0.25) is 13.4 Å². The smallest absolute Gasteiger partial charge is 0.181 e. The second-order valence-electron chi connectivity index (χ2n) is 8.02. The summed E-state index contributed by atoms with van der Waals surface area (Å²) in [4.78, 5) is 9.72. The molecule has 4 aromatic heterocycles. The van der Waals surface area contributed by atoms with Crippen LogP contribution in [-0.2, 0) is 7.05 Å². The minimum absolute atomic E-state index is 0.756. The molecule has 0 radical (unpaired) electrons. The van der Waals surface area contributed by atoms with Crippen LogP contribution in [0.25, 0.3) is 22.5 Å². The summed E-state index contributed by atoms with van der Waals surface area (Å²) < 4.78 is 7.30.